The molecule has 7 rings (SSSR count). The molecule has 4 heterocycles. The Balaban J connectivity index is 0.00000140. The fraction of sp³-hybridized carbons (Fsp3) is 0.355. The molecule has 3 atom stereocenters. The number of aryl methyl sites for hydroxylation is 2. The van der Waals surface area contributed by atoms with Gasteiger partial charge in [-0.05, 0) is 67.3 Å². The molecule has 5 nitrogen and oxygen atoms in total. The first kappa shape index (κ1) is 31.3. The molecule has 1 aromatic heterocycles. The quantitative estimate of drug-likeness (QED) is 0.277. The van der Waals surface area contributed by atoms with Gasteiger partial charge in [-0.15, -0.1) is 0 Å². The lowest BCUT2D eigenvalue weighted by Crippen LogP contribution is -2.60. The number of aromatic nitrogens is 1. The second-order valence-electron chi connectivity index (χ2n) is 10.5. The van der Waals surface area contributed by atoms with Crippen molar-refractivity contribution in [2.75, 3.05) is 31.1 Å². The van der Waals surface area contributed by atoms with Gasteiger partial charge in [0.25, 0.3) is 0 Å². The molecule has 0 spiro atoms. The summed E-state index contributed by atoms with van der Waals surface area (Å²) in [6.45, 7) is 6.96. The molecule has 0 radical (unpaired) electrons. The molecule has 0 unspecified atom stereocenters. The fourth-order valence-electron chi connectivity index (χ4n) is 5.96. The smallest absolute Gasteiger partial charge is 0.131 e. The van der Waals surface area contributed by atoms with E-state index in [1.807, 2.05) is 0 Å². The van der Waals surface area contributed by atoms with E-state index in [0.717, 1.165) is 53.8 Å². The maximum atomic E-state index is 11.0. The lowest BCUT2D eigenvalue weighted by Gasteiger charge is -2.48. The van der Waals surface area contributed by atoms with Crippen molar-refractivity contribution in [2.45, 2.75) is 44.9 Å². The van der Waals surface area contributed by atoms with Gasteiger partial charge in [0.15, 0.2) is 0 Å². The Morgan fingerprint density at radius 3 is 2.44 bits per heavy atom. The van der Waals surface area contributed by atoms with Crippen LogP contribution in [0.15, 0.2) is 72.8 Å². The van der Waals surface area contributed by atoms with Gasteiger partial charge in [0.1, 0.15) is 18.5 Å². The molecule has 0 saturated carbocycles. The molecule has 1 saturated heterocycles. The summed E-state index contributed by atoms with van der Waals surface area (Å²) in [5.41, 5.74) is 4.58. The molecule has 210 valence electrons. The molecule has 3 aliphatic rings. The summed E-state index contributed by atoms with van der Waals surface area (Å²) in [7, 11) is 0. The minimum atomic E-state index is -0.543. The maximum absolute atomic E-state index is 11.0. The van der Waals surface area contributed by atoms with Crippen LogP contribution in [0.5, 0.6) is 5.75 Å². The Labute approximate surface area is 252 Å². The van der Waals surface area contributed by atoms with Crippen molar-refractivity contribution in [1.29, 1.82) is 0 Å². The SMILES string of the molecule is Cc1cc2c(OC[C@@H](O)CN3C[C@@H]4C/C=C\C[C@H]3CN4c3ccc4ccccc4c3)c(C)ccc2[nH]1.S.S.S. The number of nitrogens with one attached hydrogen (secondary N) is 1. The number of hydrogen-bond acceptors (Lipinski definition) is 4. The van der Waals surface area contributed by atoms with E-state index in [1.54, 1.807) is 0 Å². The molecular formula is C31H41N3O2S3. The van der Waals surface area contributed by atoms with Crippen molar-refractivity contribution in [3.05, 3.63) is 84.1 Å². The fourth-order valence-corrected chi connectivity index (χ4v) is 5.96. The first-order valence-electron chi connectivity index (χ1n) is 13.1. The van der Waals surface area contributed by atoms with E-state index in [9.17, 15) is 5.11 Å². The minimum Gasteiger partial charge on any atom is -0.490 e. The number of fused-ring (bicyclic) bond motifs is 6. The Bertz CT molecular complexity index is 1420. The van der Waals surface area contributed by atoms with Gasteiger partial charge in [0, 0.05) is 54.0 Å². The van der Waals surface area contributed by atoms with Gasteiger partial charge < -0.3 is 19.7 Å². The van der Waals surface area contributed by atoms with Gasteiger partial charge in [0.2, 0.25) is 0 Å². The van der Waals surface area contributed by atoms with Crippen LogP contribution in [0.2, 0.25) is 0 Å². The van der Waals surface area contributed by atoms with E-state index in [4.69, 9.17) is 4.74 Å². The lowest BCUT2D eigenvalue weighted by molar-refractivity contribution is 0.0407. The molecule has 2 N–H and O–H groups in total. The van der Waals surface area contributed by atoms with Crippen LogP contribution in [0.4, 0.5) is 5.69 Å². The van der Waals surface area contributed by atoms with E-state index >= 15 is 0 Å². The van der Waals surface area contributed by atoms with Gasteiger partial charge >= 0.3 is 0 Å². The summed E-state index contributed by atoms with van der Waals surface area (Å²) in [6, 6.07) is 22.5. The monoisotopic (exact) mass is 583 g/mol. The van der Waals surface area contributed by atoms with E-state index in [1.165, 1.54) is 16.5 Å². The molecule has 1 fully saturated rings. The van der Waals surface area contributed by atoms with Crippen molar-refractivity contribution in [3.8, 4) is 5.75 Å². The number of aliphatic hydroxyl groups is 1. The summed E-state index contributed by atoms with van der Waals surface area (Å²) in [5, 5.41) is 14.7. The van der Waals surface area contributed by atoms with Crippen LogP contribution in [0.3, 0.4) is 0 Å². The molecular weight excluding hydrogens is 543 g/mol. The number of hydrogen-bond donors (Lipinski definition) is 2. The Morgan fingerprint density at radius 1 is 0.897 bits per heavy atom. The van der Waals surface area contributed by atoms with Crippen LogP contribution >= 0.6 is 40.5 Å². The zero-order chi connectivity index (χ0) is 24.6. The average Bonchev–Trinajstić information content (AvgIpc) is 3.24. The van der Waals surface area contributed by atoms with Crippen LogP contribution in [-0.4, -0.2) is 59.4 Å². The average molecular weight is 584 g/mol. The number of benzene rings is 3. The van der Waals surface area contributed by atoms with Gasteiger partial charge in [-0.25, -0.2) is 0 Å². The number of H-pyrrole nitrogens is 1. The standard InChI is InChI=1S/C31H35N3O2.3H2S/c1-21-11-14-30-29(15-22(2)32-30)31(21)36-20-28(35)19-33-17-27-10-6-5-9-26(33)18-34(27)25-13-12-23-7-3-4-8-24(23)16-25;;;/h3-8,11-16,26-28,32,35H,9-10,17-20H2,1-2H3;3*1H2/b6-5-;;;/t26-,27-,28-;;;/m0.../s1. The lowest BCUT2D eigenvalue weighted by atomic mass is 9.96. The van der Waals surface area contributed by atoms with Crippen molar-refractivity contribution in [3.63, 3.8) is 0 Å². The predicted molar refractivity (Wildman–Crippen MR) is 179 cm³/mol. The third-order valence-electron chi connectivity index (χ3n) is 7.81. The number of anilines is 1. The van der Waals surface area contributed by atoms with Crippen molar-refractivity contribution in [1.82, 2.24) is 9.88 Å². The summed E-state index contributed by atoms with van der Waals surface area (Å²) in [5.74, 6) is 0.871. The van der Waals surface area contributed by atoms with Gasteiger partial charge in [-0.1, -0.05) is 48.6 Å². The zero-order valence-electron chi connectivity index (χ0n) is 22.7. The van der Waals surface area contributed by atoms with E-state index in [0.29, 0.717) is 25.2 Å². The normalized spacial score (nSPS) is 20.3. The van der Waals surface area contributed by atoms with Crippen LogP contribution in [0, 0.1) is 13.8 Å². The largest absolute Gasteiger partial charge is 0.490 e. The molecule has 0 aliphatic carbocycles. The Morgan fingerprint density at radius 2 is 1.64 bits per heavy atom. The van der Waals surface area contributed by atoms with Crippen LogP contribution < -0.4 is 9.64 Å². The molecule has 0 amide bonds. The number of rotatable bonds is 6. The predicted octanol–water partition coefficient (Wildman–Crippen LogP) is 5.93. The highest BCUT2D eigenvalue weighted by Gasteiger charge is 2.35. The molecule has 4 aromatic rings. The number of nitrogens with zero attached hydrogens (tertiary/aromatic N) is 2. The number of piperazine rings is 1. The second-order valence-corrected chi connectivity index (χ2v) is 10.5. The minimum absolute atomic E-state index is 0. The van der Waals surface area contributed by atoms with Gasteiger partial charge in [0.05, 0.1) is 0 Å². The topological polar surface area (TPSA) is 51.7 Å². The highest BCUT2D eigenvalue weighted by molar-refractivity contribution is 7.59. The van der Waals surface area contributed by atoms with E-state index < -0.39 is 6.10 Å². The third-order valence-corrected chi connectivity index (χ3v) is 7.81. The van der Waals surface area contributed by atoms with Crippen LogP contribution in [-0.2, 0) is 0 Å². The molecule has 3 aromatic carbocycles. The van der Waals surface area contributed by atoms with Gasteiger partial charge in [-0.2, -0.15) is 40.5 Å². The van der Waals surface area contributed by atoms with Crippen molar-refractivity contribution < 1.29 is 9.84 Å². The van der Waals surface area contributed by atoms with Crippen LogP contribution in [0.1, 0.15) is 24.1 Å². The second kappa shape index (κ2) is 13.4. The summed E-state index contributed by atoms with van der Waals surface area (Å²) < 4.78 is 6.21. The van der Waals surface area contributed by atoms with Gasteiger partial charge in [-0.3, -0.25) is 4.90 Å². The zero-order valence-corrected chi connectivity index (χ0v) is 25.7. The summed E-state index contributed by atoms with van der Waals surface area (Å²) >= 11 is 0. The maximum Gasteiger partial charge on any atom is 0.131 e. The first-order valence-corrected chi connectivity index (χ1v) is 13.1. The molecule has 8 heteroatoms. The third kappa shape index (κ3) is 6.57. The number of ether oxygens (including phenoxy) is 1. The number of aliphatic hydroxyl groups excluding tert-OH is 1. The van der Waals surface area contributed by atoms with E-state index in [-0.39, 0.29) is 40.5 Å². The highest BCUT2D eigenvalue weighted by Crippen LogP contribution is 2.32. The Hall–Kier alpha value is -2.23. The molecule has 2 bridgehead atoms. The summed E-state index contributed by atoms with van der Waals surface area (Å²) in [6.07, 6.45) is 6.15. The molecule has 3 aliphatic heterocycles. The Kier molecular flexibility index (Phi) is 10.8. The van der Waals surface area contributed by atoms with Crippen LogP contribution in [0.25, 0.3) is 21.7 Å². The molecule has 39 heavy (non-hydrogen) atoms. The first-order chi connectivity index (χ1) is 17.5. The van der Waals surface area contributed by atoms with Crippen molar-refractivity contribution in [2.24, 2.45) is 0 Å². The summed E-state index contributed by atoms with van der Waals surface area (Å²) in [4.78, 5) is 8.44. The highest BCUT2D eigenvalue weighted by atomic mass is 32.1. The van der Waals surface area contributed by atoms with Crippen molar-refractivity contribution >= 4 is 67.8 Å². The van der Waals surface area contributed by atoms with E-state index in [2.05, 4.69) is 101 Å². The number of aromatic amines is 1.